The van der Waals surface area contributed by atoms with Gasteiger partial charge in [0, 0.05) is 10.5 Å². The first-order valence-electron chi connectivity index (χ1n) is 3.06. The molecule has 0 aliphatic carbocycles. The predicted molar refractivity (Wildman–Crippen MR) is 38.3 cm³/mol. The summed E-state index contributed by atoms with van der Waals surface area (Å²) in [7, 11) is 0. The number of hydrogen-bond acceptors (Lipinski definition) is 4. The van der Waals surface area contributed by atoms with E-state index in [0.29, 0.717) is 0 Å². The van der Waals surface area contributed by atoms with Crippen molar-refractivity contribution in [2.75, 3.05) is 0 Å². The summed E-state index contributed by atoms with van der Waals surface area (Å²) >= 11 is 1.55. The van der Waals surface area contributed by atoms with Gasteiger partial charge < -0.3 is 0 Å². The van der Waals surface area contributed by atoms with Gasteiger partial charge in [0.1, 0.15) is 10.9 Å². The number of nitrogens with one attached hydrogen (secondary N) is 1. The zero-order valence-corrected chi connectivity index (χ0v) is 6.67. The normalized spacial score (nSPS) is 10.3. The molecule has 0 unspecified atom stereocenters. The molecule has 2 aromatic rings. The summed E-state index contributed by atoms with van der Waals surface area (Å²) in [6.45, 7) is 1.95. The lowest BCUT2D eigenvalue weighted by Gasteiger charge is -1.80. The minimum Gasteiger partial charge on any atom is -0.127 e. The standard InChI is InChI=1S/C5H5N5S/c1-4-2-11-5(7-4)10-3-6-8-9-10/h2-3H,1H3/p+1. The van der Waals surface area contributed by atoms with E-state index < -0.39 is 0 Å². The molecule has 5 nitrogen and oxygen atoms in total. The number of aromatic amines is 1. The molecule has 0 saturated heterocycles. The molecule has 6 heteroatoms. The summed E-state index contributed by atoms with van der Waals surface area (Å²) < 4.78 is 1.66. The van der Waals surface area contributed by atoms with Gasteiger partial charge in [-0.05, 0) is 6.92 Å². The molecule has 0 atom stereocenters. The Kier molecular flexibility index (Phi) is 1.39. The Balaban J connectivity index is 2.45. The van der Waals surface area contributed by atoms with Crippen LogP contribution in [0, 0.1) is 6.92 Å². The van der Waals surface area contributed by atoms with Crippen molar-refractivity contribution in [2.45, 2.75) is 6.92 Å². The van der Waals surface area contributed by atoms with Crippen LogP contribution in [0.4, 0.5) is 0 Å². The maximum Gasteiger partial charge on any atom is 0.312 e. The molecule has 0 amide bonds. The fourth-order valence-corrected chi connectivity index (χ4v) is 1.45. The second-order valence-electron chi connectivity index (χ2n) is 2.07. The smallest absolute Gasteiger partial charge is 0.127 e. The number of aromatic nitrogens is 5. The van der Waals surface area contributed by atoms with Gasteiger partial charge in [-0.25, -0.2) is 0 Å². The fraction of sp³-hybridized carbons (Fsp3) is 0.200. The van der Waals surface area contributed by atoms with E-state index in [1.54, 1.807) is 22.3 Å². The molecule has 11 heavy (non-hydrogen) atoms. The molecule has 0 aliphatic rings. The van der Waals surface area contributed by atoms with Crippen molar-refractivity contribution in [1.82, 2.24) is 20.5 Å². The molecular formula is C5H6N5S+. The number of nitrogens with zero attached hydrogens (tertiary/aromatic N) is 4. The molecule has 0 aliphatic heterocycles. The van der Waals surface area contributed by atoms with E-state index in [2.05, 4.69) is 20.5 Å². The molecule has 0 radical (unpaired) electrons. The molecule has 0 spiro atoms. The average Bonchev–Trinajstić information content (AvgIpc) is 2.55. The lowest BCUT2D eigenvalue weighted by molar-refractivity contribution is -0.660. The van der Waals surface area contributed by atoms with Gasteiger partial charge in [-0.2, -0.15) is 0 Å². The molecule has 2 aromatic heterocycles. The third-order valence-electron chi connectivity index (χ3n) is 1.19. The first kappa shape index (κ1) is 6.41. The van der Waals surface area contributed by atoms with Gasteiger partial charge in [0.05, 0.1) is 0 Å². The van der Waals surface area contributed by atoms with Crippen LogP contribution in [0.15, 0.2) is 11.7 Å². The van der Waals surface area contributed by atoms with Crippen molar-refractivity contribution in [3.05, 3.63) is 17.4 Å². The Hall–Kier alpha value is -1.30. The minimum absolute atomic E-state index is 0.854. The van der Waals surface area contributed by atoms with Crippen molar-refractivity contribution >= 4 is 11.3 Å². The van der Waals surface area contributed by atoms with Crippen LogP contribution >= 0.6 is 11.3 Å². The number of hydrogen-bond donors (Lipinski definition) is 1. The SMILES string of the molecule is Cc1csc(-[n+]2cnn[nH]2)n1. The number of tetrazole rings is 1. The van der Waals surface area contributed by atoms with Crippen LogP contribution in [-0.4, -0.2) is 20.5 Å². The van der Waals surface area contributed by atoms with Crippen LogP contribution < -0.4 is 4.68 Å². The minimum atomic E-state index is 0.854. The average molecular weight is 168 g/mol. The molecule has 0 fully saturated rings. The summed E-state index contributed by atoms with van der Waals surface area (Å²) in [6, 6.07) is 0. The Morgan fingerprint density at radius 1 is 1.64 bits per heavy atom. The van der Waals surface area contributed by atoms with Crippen LogP contribution in [0.1, 0.15) is 5.69 Å². The largest absolute Gasteiger partial charge is 0.312 e. The van der Waals surface area contributed by atoms with E-state index in [1.165, 1.54) is 0 Å². The summed E-state index contributed by atoms with van der Waals surface area (Å²) in [5.74, 6) is 0. The maximum absolute atomic E-state index is 4.22. The molecule has 2 rings (SSSR count). The van der Waals surface area contributed by atoms with E-state index in [0.717, 1.165) is 10.8 Å². The molecule has 0 aromatic carbocycles. The van der Waals surface area contributed by atoms with Crippen molar-refractivity contribution in [3.8, 4) is 5.13 Å². The highest BCUT2D eigenvalue weighted by Crippen LogP contribution is 2.06. The first-order valence-corrected chi connectivity index (χ1v) is 3.94. The summed E-state index contributed by atoms with van der Waals surface area (Å²) in [5, 5.41) is 12.7. The zero-order chi connectivity index (χ0) is 7.68. The zero-order valence-electron chi connectivity index (χ0n) is 5.85. The van der Waals surface area contributed by atoms with Gasteiger partial charge in [0.15, 0.2) is 0 Å². The third-order valence-corrected chi connectivity index (χ3v) is 2.15. The lowest BCUT2D eigenvalue weighted by Crippen LogP contribution is -2.31. The van der Waals surface area contributed by atoms with Gasteiger partial charge in [-0.3, -0.25) is 0 Å². The van der Waals surface area contributed by atoms with Crippen LogP contribution in [0.3, 0.4) is 0 Å². The topological polar surface area (TPSA) is 58.3 Å². The van der Waals surface area contributed by atoms with Crippen molar-refractivity contribution in [2.24, 2.45) is 0 Å². The monoisotopic (exact) mass is 168 g/mol. The van der Waals surface area contributed by atoms with E-state index >= 15 is 0 Å². The van der Waals surface area contributed by atoms with E-state index in [9.17, 15) is 0 Å². The molecule has 0 bridgehead atoms. The Labute approximate surface area is 66.7 Å². The van der Waals surface area contributed by atoms with Gasteiger partial charge in [0.2, 0.25) is 0 Å². The van der Waals surface area contributed by atoms with Gasteiger partial charge in [0.25, 0.3) is 6.33 Å². The van der Waals surface area contributed by atoms with Crippen LogP contribution in [0.25, 0.3) is 5.13 Å². The molecule has 2 heterocycles. The highest BCUT2D eigenvalue weighted by atomic mass is 32.1. The molecular weight excluding hydrogens is 162 g/mol. The van der Waals surface area contributed by atoms with Crippen molar-refractivity contribution < 1.29 is 4.68 Å². The van der Waals surface area contributed by atoms with Crippen LogP contribution in [0.5, 0.6) is 0 Å². The number of H-pyrrole nitrogens is 1. The van der Waals surface area contributed by atoms with E-state index in [-0.39, 0.29) is 0 Å². The van der Waals surface area contributed by atoms with Gasteiger partial charge in [-0.1, -0.05) is 16.6 Å². The highest BCUT2D eigenvalue weighted by molar-refractivity contribution is 7.11. The van der Waals surface area contributed by atoms with Gasteiger partial charge >= 0.3 is 5.13 Å². The van der Waals surface area contributed by atoms with Gasteiger partial charge in [-0.15, -0.1) is 9.67 Å². The molecule has 0 saturated carbocycles. The number of thiazole rings is 1. The van der Waals surface area contributed by atoms with E-state index in [1.807, 2.05) is 12.3 Å². The Morgan fingerprint density at radius 2 is 2.55 bits per heavy atom. The lowest BCUT2D eigenvalue weighted by atomic mass is 10.6. The highest BCUT2D eigenvalue weighted by Gasteiger charge is 2.07. The number of rotatable bonds is 1. The second-order valence-corrected chi connectivity index (χ2v) is 2.91. The van der Waals surface area contributed by atoms with Crippen LogP contribution in [-0.2, 0) is 0 Å². The summed E-state index contributed by atoms with van der Waals surface area (Å²) in [4.78, 5) is 4.22. The second kappa shape index (κ2) is 2.39. The van der Waals surface area contributed by atoms with Crippen molar-refractivity contribution in [1.29, 1.82) is 0 Å². The maximum atomic E-state index is 4.22. The summed E-state index contributed by atoms with van der Waals surface area (Å²) in [5.41, 5.74) is 1.01. The number of aryl methyl sites for hydroxylation is 1. The van der Waals surface area contributed by atoms with Crippen molar-refractivity contribution in [3.63, 3.8) is 0 Å². The fourth-order valence-electron chi connectivity index (χ4n) is 0.722. The quantitative estimate of drug-likeness (QED) is 0.602. The molecule has 56 valence electrons. The predicted octanol–water partition coefficient (Wildman–Crippen LogP) is -0.154. The van der Waals surface area contributed by atoms with E-state index in [4.69, 9.17) is 0 Å². The Morgan fingerprint density at radius 3 is 3.09 bits per heavy atom. The third kappa shape index (κ3) is 1.12. The first-order chi connectivity index (χ1) is 5.36. The Bertz CT molecular complexity index is 337. The van der Waals surface area contributed by atoms with Crippen LogP contribution in [0.2, 0.25) is 0 Å². The molecule has 1 N–H and O–H groups in total. The summed E-state index contributed by atoms with van der Waals surface area (Å²) in [6.07, 6.45) is 1.58.